The molecule has 6 heteroatoms. The van der Waals surface area contributed by atoms with Crippen molar-refractivity contribution in [2.24, 2.45) is 9.98 Å². The van der Waals surface area contributed by atoms with Gasteiger partial charge in [-0.2, -0.15) is 9.98 Å². The van der Waals surface area contributed by atoms with Gasteiger partial charge in [-0.3, -0.25) is 4.79 Å². The molecule has 2 aromatic rings. The topological polar surface area (TPSA) is 98.2 Å². The zero-order chi connectivity index (χ0) is 16.3. The van der Waals surface area contributed by atoms with E-state index in [0.717, 1.165) is 0 Å². The Kier molecular flexibility index (Phi) is 6.57. The fraction of sp³-hybridized carbons (Fsp3) is 0.0625. The van der Waals surface area contributed by atoms with Crippen LogP contribution in [0.2, 0.25) is 0 Å². The number of nitrogens with zero attached hydrogens (tertiary/aromatic N) is 3. The summed E-state index contributed by atoms with van der Waals surface area (Å²) in [7, 11) is 0. The van der Waals surface area contributed by atoms with Crippen LogP contribution in [0.25, 0.3) is 5.41 Å². The third-order valence-corrected chi connectivity index (χ3v) is 2.77. The second-order valence-corrected chi connectivity index (χ2v) is 3.90. The van der Waals surface area contributed by atoms with Crippen LogP contribution in [0.3, 0.4) is 0 Å². The lowest BCUT2D eigenvalue weighted by molar-refractivity contribution is 0.516. The molecule has 0 aromatic heterocycles. The first-order valence-corrected chi connectivity index (χ1v) is 6.05. The maximum Gasteiger partial charge on any atom is 0.238 e. The van der Waals surface area contributed by atoms with Crippen LogP contribution in [0.5, 0.6) is 0 Å². The van der Waals surface area contributed by atoms with Gasteiger partial charge in [-0.25, -0.2) is 9.59 Å². The number of aliphatic imine (C=N–C) groups is 2. The molecule has 0 heterocycles. The second-order valence-electron chi connectivity index (χ2n) is 3.90. The van der Waals surface area contributed by atoms with E-state index in [-0.39, 0.29) is 0 Å². The molecule has 0 aliphatic heterocycles. The van der Waals surface area contributed by atoms with E-state index >= 15 is 0 Å². The predicted octanol–water partition coefficient (Wildman–Crippen LogP) is 2.45. The van der Waals surface area contributed by atoms with E-state index in [2.05, 4.69) is 9.98 Å². The van der Waals surface area contributed by atoms with Gasteiger partial charge in [0.25, 0.3) is 0 Å². The Labute approximate surface area is 126 Å². The summed E-state index contributed by atoms with van der Waals surface area (Å²) in [6.45, 7) is 0. The molecule has 2 rings (SSSR count). The van der Waals surface area contributed by atoms with Crippen molar-refractivity contribution in [2.45, 2.75) is 5.66 Å². The minimum Gasteiger partial charge on any atom is -0.724 e. The average molecular weight is 292 g/mol. The van der Waals surface area contributed by atoms with Crippen LogP contribution in [0.1, 0.15) is 11.1 Å². The Balaban J connectivity index is 0.000000745. The van der Waals surface area contributed by atoms with Crippen molar-refractivity contribution in [3.8, 4) is 0 Å². The lowest BCUT2D eigenvalue weighted by atomic mass is 9.92. The Hall–Kier alpha value is -3.42. The molecule has 0 atom stereocenters. The zero-order valence-electron chi connectivity index (χ0n) is 11.3. The number of rotatable bonds is 4. The monoisotopic (exact) mass is 292 g/mol. The molecule has 0 bridgehead atoms. The molecule has 0 amide bonds. The van der Waals surface area contributed by atoms with Crippen molar-refractivity contribution in [1.29, 1.82) is 0 Å². The van der Waals surface area contributed by atoms with Crippen molar-refractivity contribution in [3.63, 3.8) is 0 Å². The van der Waals surface area contributed by atoms with Gasteiger partial charge in [0.05, 0.1) is 0 Å². The number of hydrogen-bond acceptors (Lipinski definition) is 5. The first-order chi connectivity index (χ1) is 10.7. The summed E-state index contributed by atoms with van der Waals surface area (Å²) in [6, 6.07) is 17.8. The van der Waals surface area contributed by atoms with E-state index in [0.29, 0.717) is 17.2 Å². The minimum atomic E-state index is -1.41. The summed E-state index contributed by atoms with van der Waals surface area (Å²) in [5.41, 5.74) is -0.202. The van der Waals surface area contributed by atoms with Crippen LogP contribution in [0, 0.1) is 0 Å². The zero-order valence-corrected chi connectivity index (χ0v) is 11.3. The highest BCUT2D eigenvalue weighted by molar-refractivity contribution is 5.49. The molecule has 0 saturated heterocycles. The quantitative estimate of drug-likeness (QED) is 0.639. The van der Waals surface area contributed by atoms with E-state index < -0.39 is 5.66 Å². The van der Waals surface area contributed by atoms with E-state index in [1.807, 2.05) is 12.1 Å². The third kappa shape index (κ3) is 3.79. The predicted molar refractivity (Wildman–Crippen MR) is 79.0 cm³/mol. The van der Waals surface area contributed by atoms with Crippen molar-refractivity contribution < 1.29 is 14.4 Å². The van der Waals surface area contributed by atoms with E-state index in [4.69, 9.17) is 10.2 Å². The van der Waals surface area contributed by atoms with Crippen LogP contribution in [-0.4, -0.2) is 18.2 Å². The standard InChI is InChI=1S/C15H10N2O2.CNO/c18-11-16-15(17-12-19,13-7-3-1-4-8-13)14-9-5-2-6-10-14;2-1-3/h1-10H;/q;-1. The summed E-state index contributed by atoms with van der Waals surface area (Å²) >= 11 is 0. The molecule has 6 nitrogen and oxygen atoms in total. The van der Waals surface area contributed by atoms with Gasteiger partial charge in [0.15, 0.2) is 0 Å². The minimum absolute atomic E-state index is 0.500. The van der Waals surface area contributed by atoms with Crippen molar-refractivity contribution >= 4 is 18.2 Å². The van der Waals surface area contributed by atoms with Crippen molar-refractivity contribution in [3.05, 3.63) is 77.2 Å². The highest BCUT2D eigenvalue weighted by Crippen LogP contribution is 2.34. The number of carbonyl (C=O) groups excluding carboxylic acids is 3. The van der Waals surface area contributed by atoms with Crippen molar-refractivity contribution in [2.75, 3.05) is 0 Å². The van der Waals surface area contributed by atoms with Crippen LogP contribution in [0.4, 0.5) is 0 Å². The molecule has 0 spiro atoms. The molecule has 0 unspecified atom stereocenters. The van der Waals surface area contributed by atoms with Crippen LogP contribution in [-0.2, 0) is 20.0 Å². The van der Waals surface area contributed by atoms with Gasteiger partial charge in [0, 0.05) is 11.1 Å². The summed E-state index contributed by atoms with van der Waals surface area (Å²) in [5, 5.41) is 6.76. The molecular weight excluding hydrogens is 282 g/mol. The molecular formula is C16H10N3O3-. The van der Waals surface area contributed by atoms with Crippen molar-refractivity contribution in [1.82, 2.24) is 0 Å². The highest BCUT2D eigenvalue weighted by atomic mass is 16.1. The van der Waals surface area contributed by atoms with E-state index in [1.54, 1.807) is 48.5 Å². The molecule has 0 radical (unpaired) electrons. The molecule has 108 valence electrons. The summed E-state index contributed by atoms with van der Waals surface area (Å²) < 4.78 is 0. The molecule has 0 fully saturated rings. The lowest BCUT2D eigenvalue weighted by Crippen LogP contribution is -2.22. The van der Waals surface area contributed by atoms with Gasteiger partial charge in [-0.05, 0) is 6.08 Å². The summed E-state index contributed by atoms with van der Waals surface area (Å²) in [4.78, 5) is 37.3. The van der Waals surface area contributed by atoms with Gasteiger partial charge in [0.2, 0.25) is 17.8 Å². The summed E-state index contributed by atoms with van der Waals surface area (Å²) in [6.07, 6.45) is 3.49. The number of isocyanates is 3. The Morgan fingerprint density at radius 3 is 1.32 bits per heavy atom. The first kappa shape index (κ1) is 16.6. The Bertz CT molecular complexity index is 666. The molecule has 0 aliphatic rings. The van der Waals surface area contributed by atoms with Crippen LogP contribution < -0.4 is 0 Å². The van der Waals surface area contributed by atoms with Gasteiger partial charge < -0.3 is 5.41 Å². The Morgan fingerprint density at radius 2 is 1.05 bits per heavy atom. The van der Waals surface area contributed by atoms with Gasteiger partial charge >= 0.3 is 0 Å². The fourth-order valence-electron chi connectivity index (χ4n) is 1.92. The highest BCUT2D eigenvalue weighted by Gasteiger charge is 2.33. The SMILES string of the molecule is O=C=NC(N=C=O)(c1ccccc1)c1ccccc1.[N-]=C=O. The third-order valence-electron chi connectivity index (χ3n) is 2.77. The normalized spacial score (nSPS) is 9.09. The maximum atomic E-state index is 10.8. The largest absolute Gasteiger partial charge is 0.724 e. The van der Waals surface area contributed by atoms with Gasteiger partial charge in [0.1, 0.15) is 0 Å². The fourth-order valence-corrected chi connectivity index (χ4v) is 1.92. The molecule has 22 heavy (non-hydrogen) atoms. The lowest BCUT2D eigenvalue weighted by Gasteiger charge is -2.22. The summed E-state index contributed by atoms with van der Waals surface area (Å²) in [5.74, 6) is 0. The van der Waals surface area contributed by atoms with E-state index in [1.165, 1.54) is 12.2 Å². The van der Waals surface area contributed by atoms with E-state index in [9.17, 15) is 9.59 Å². The second kappa shape index (κ2) is 8.69. The average Bonchev–Trinajstić information content (AvgIpc) is 2.57. The van der Waals surface area contributed by atoms with Crippen LogP contribution in [0.15, 0.2) is 70.6 Å². The molecule has 2 aromatic carbocycles. The van der Waals surface area contributed by atoms with Crippen LogP contribution >= 0.6 is 0 Å². The number of benzene rings is 2. The molecule has 0 aliphatic carbocycles. The number of hydrogen-bond donors (Lipinski definition) is 0. The first-order valence-electron chi connectivity index (χ1n) is 6.05. The van der Waals surface area contributed by atoms with Gasteiger partial charge in [-0.15, -0.1) is 0 Å². The molecule has 0 N–H and O–H groups in total. The smallest absolute Gasteiger partial charge is 0.238 e. The molecule has 0 saturated carbocycles. The Morgan fingerprint density at radius 1 is 0.727 bits per heavy atom. The maximum absolute atomic E-state index is 10.8. The van der Waals surface area contributed by atoms with Gasteiger partial charge in [-0.1, -0.05) is 60.7 Å².